The van der Waals surface area contributed by atoms with Gasteiger partial charge in [-0.05, 0) is 18.4 Å². The minimum Gasteiger partial charge on any atom is -0.239 e. The summed E-state index contributed by atoms with van der Waals surface area (Å²) in [6.07, 6.45) is 1.78. The Morgan fingerprint density at radius 1 is 1.16 bits per heavy atom. The van der Waals surface area contributed by atoms with E-state index in [2.05, 4.69) is 0 Å². The molecule has 2 atom stereocenters. The van der Waals surface area contributed by atoms with Crippen LogP contribution in [0.2, 0.25) is 0 Å². The highest BCUT2D eigenvalue weighted by atomic mass is 32.2. The van der Waals surface area contributed by atoms with Crippen molar-refractivity contribution in [3.63, 3.8) is 0 Å². The molecule has 2 saturated heterocycles. The molecule has 0 aromatic heterocycles. The lowest BCUT2D eigenvalue weighted by atomic mass is 9.83. The van der Waals surface area contributed by atoms with Crippen molar-refractivity contribution in [1.29, 1.82) is 0 Å². The van der Waals surface area contributed by atoms with Crippen molar-refractivity contribution >= 4 is 10.2 Å². The molecule has 2 unspecified atom stereocenters. The lowest BCUT2D eigenvalue weighted by Gasteiger charge is -2.40. The Morgan fingerprint density at radius 3 is 2.16 bits per heavy atom. The number of nitrogens with zero attached hydrogens (tertiary/aromatic N) is 1. The fourth-order valence-corrected chi connectivity index (χ4v) is 4.73. The Hall–Kier alpha value is -0.980. The molecule has 1 aromatic carbocycles. The summed E-state index contributed by atoms with van der Waals surface area (Å²) in [4.78, 5) is 0. The van der Waals surface area contributed by atoms with Gasteiger partial charge in [-0.25, -0.2) is 9.53 Å². The summed E-state index contributed by atoms with van der Waals surface area (Å²) >= 11 is 0. The van der Waals surface area contributed by atoms with E-state index in [1.54, 1.807) is 12.1 Å². The maximum atomic E-state index is 15.1. The van der Waals surface area contributed by atoms with E-state index in [4.69, 9.17) is 5.14 Å². The second-order valence-corrected chi connectivity index (χ2v) is 6.95. The summed E-state index contributed by atoms with van der Waals surface area (Å²) < 4.78 is 39.6. The molecule has 3 rings (SSSR count). The summed E-state index contributed by atoms with van der Waals surface area (Å²) in [5, 5.41) is 5.23. The number of nitrogens with two attached hydrogens (primary N) is 1. The summed E-state index contributed by atoms with van der Waals surface area (Å²) in [6, 6.07) is 8.40. The monoisotopic (exact) mass is 284 g/mol. The van der Waals surface area contributed by atoms with E-state index in [9.17, 15) is 8.42 Å². The first-order valence-corrected chi connectivity index (χ1v) is 7.96. The fraction of sp³-hybridized carbons (Fsp3) is 0.538. The minimum atomic E-state index is -3.73. The fourth-order valence-electron chi connectivity index (χ4n) is 3.54. The third-order valence-corrected chi connectivity index (χ3v) is 5.44. The SMILES string of the molecule is NS(=O)(=O)N1C2CCC1CC(F)(c1ccccc1)C2. The van der Waals surface area contributed by atoms with Crippen LogP contribution in [-0.4, -0.2) is 24.8 Å². The van der Waals surface area contributed by atoms with E-state index in [0.717, 1.165) is 0 Å². The van der Waals surface area contributed by atoms with Crippen molar-refractivity contribution in [3.8, 4) is 0 Å². The standard InChI is InChI=1S/C13H17FN2O2S/c14-13(10-4-2-1-3-5-10)8-11-6-7-12(9-13)16(11)19(15,17)18/h1-5,11-12H,6-9H2,(H2,15,17,18). The molecule has 2 heterocycles. The van der Waals surface area contributed by atoms with Crippen molar-refractivity contribution < 1.29 is 12.8 Å². The van der Waals surface area contributed by atoms with Gasteiger partial charge in [0.1, 0.15) is 5.67 Å². The van der Waals surface area contributed by atoms with Crippen LogP contribution in [0.1, 0.15) is 31.2 Å². The second kappa shape index (κ2) is 4.26. The van der Waals surface area contributed by atoms with Gasteiger partial charge in [-0.15, -0.1) is 0 Å². The zero-order chi connectivity index (χ0) is 13.7. The Morgan fingerprint density at radius 2 is 1.68 bits per heavy atom. The zero-order valence-electron chi connectivity index (χ0n) is 10.5. The van der Waals surface area contributed by atoms with Gasteiger partial charge in [0.2, 0.25) is 0 Å². The van der Waals surface area contributed by atoms with Gasteiger partial charge in [0.15, 0.2) is 0 Å². The Bertz CT molecular complexity index is 562. The molecule has 1 aromatic rings. The van der Waals surface area contributed by atoms with Gasteiger partial charge in [-0.2, -0.15) is 12.7 Å². The molecule has 2 aliphatic rings. The van der Waals surface area contributed by atoms with Gasteiger partial charge in [-0.3, -0.25) is 0 Å². The molecular weight excluding hydrogens is 267 g/mol. The maximum absolute atomic E-state index is 15.1. The van der Waals surface area contributed by atoms with E-state index in [1.165, 1.54) is 4.31 Å². The van der Waals surface area contributed by atoms with Crippen molar-refractivity contribution in [3.05, 3.63) is 35.9 Å². The molecule has 4 nitrogen and oxygen atoms in total. The predicted molar refractivity (Wildman–Crippen MR) is 70.2 cm³/mol. The molecule has 0 amide bonds. The highest BCUT2D eigenvalue weighted by molar-refractivity contribution is 7.86. The molecular formula is C13H17FN2O2S. The first-order chi connectivity index (χ1) is 8.90. The highest BCUT2D eigenvalue weighted by Crippen LogP contribution is 2.48. The third-order valence-electron chi connectivity index (χ3n) is 4.26. The van der Waals surface area contributed by atoms with E-state index < -0.39 is 15.9 Å². The summed E-state index contributed by atoms with van der Waals surface area (Å²) in [5.74, 6) is 0. The van der Waals surface area contributed by atoms with Crippen LogP contribution < -0.4 is 5.14 Å². The number of fused-ring (bicyclic) bond motifs is 2. The number of rotatable bonds is 2. The molecule has 2 N–H and O–H groups in total. The van der Waals surface area contributed by atoms with Crippen LogP contribution in [0.4, 0.5) is 4.39 Å². The Balaban J connectivity index is 1.93. The molecule has 2 aliphatic heterocycles. The molecule has 0 spiro atoms. The quantitative estimate of drug-likeness (QED) is 0.898. The van der Waals surface area contributed by atoms with Crippen molar-refractivity contribution in [1.82, 2.24) is 4.31 Å². The summed E-state index contributed by atoms with van der Waals surface area (Å²) in [7, 11) is -3.73. The van der Waals surface area contributed by atoms with E-state index in [1.807, 2.05) is 18.2 Å². The number of benzene rings is 1. The zero-order valence-corrected chi connectivity index (χ0v) is 11.3. The smallest absolute Gasteiger partial charge is 0.239 e. The van der Waals surface area contributed by atoms with Gasteiger partial charge in [0.25, 0.3) is 10.2 Å². The highest BCUT2D eigenvalue weighted by Gasteiger charge is 2.52. The number of halogens is 1. The van der Waals surface area contributed by atoms with E-state index >= 15 is 4.39 Å². The van der Waals surface area contributed by atoms with Crippen LogP contribution in [0, 0.1) is 0 Å². The van der Waals surface area contributed by atoms with Crippen LogP contribution in [0.25, 0.3) is 0 Å². The number of hydrogen-bond acceptors (Lipinski definition) is 2. The number of piperidine rings is 1. The van der Waals surface area contributed by atoms with Gasteiger partial charge in [0, 0.05) is 24.9 Å². The molecule has 2 fully saturated rings. The van der Waals surface area contributed by atoms with Crippen molar-refractivity contribution in [2.75, 3.05) is 0 Å². The van der Waals surface area contributed by atoms with Crippen LogP contribution in [0.5, 0.6) is 0 Å². The molecule has 19 heavy (non-hydrogen) atoms. The van der Waals surface area contributed by atoms with E-state index in [0.29, 0.717) is 18.4 Å². The van der Waals surface area contributed by atoms with Crippen LogP contribution >= 0.6 is 0 Å². The lowest BCUT2D eigenvalue weighted by Crippen LogP contribution is -2.52. The van der Waals surface area contributed by atoms with E-state index in [-0.39, 0.29) is 24.9 Å². The first kappa shape index (κ1) is 13.0. The van der Waals surface area contributed by atoms with Gasteiger partial charge in [0.05, 0.1) is 0 Å². The van der Waals surface area contributed by atoms with Gasteiger partial charge >= 0.3 is 0 Å². The topological polar surface area (TPSA) is 63.4 Å². The third kappa shape index (κ3) is 2.17. The average molecular weight is 284 g/mol. The molecule has 0 radical (unpaired) electrons. The number of alkyl halides is 1. The van der Waals surface area contributed by atoms with Crippen LogP contribution in [0.3, 0.4) is 0 Å². The van der Waals surface area contributed by atoms with Crippen molar-refractivity contribution in [2.24, 2.45) is 5.14 Å². The summed E-state index contributed by atoms with van der Waals surface area (Å²) in [5.41, 5.74) is -0.796. The Labute approximate surface area is 112 Å². The second-order valence-electron chi connectivity index (χ2n) is 5.50. The Kier molecular flexibility index (Phi) is 2.92. The molecule has 104 valence electrons. The van der Waals surface area contributed by atoms with Gasteiger partial charge in [-0.1, -0.05) is 30.3 Å². The maximum Gasteiger partial charge on any atom is 0.277 e. The lowest BCUT2D eigenvalue weighted by molar-refractivity contribution is 0.0480. The molecule has 2 bridgehead atoms. The minimum absolute atomic E-state index is 0.198. The molecule has 6 heteroatoms. The van der Waals surface area contributed by atoms with Crippen LogP contribution in [0.15, 0.2) is 30.3 Å². The predicted octanol–water partition coefficient (Wildman–Crippen LogP) is 1.68. The normalized spacial score (nSPS) is 35.5. The molecule has 0 saturated carbocycles. The first-order valence-electron chi connectivity index (χ1n) is 6.46. The number of hydrogen-bond donors (Lipinski definition) is 1. The van der Waals surface area contributed by atoms with Gasteiger partial charge < -0.3 is 0 Å². The summed E-state index contributed by atoms with van der Waals surface area (Å²) in [6.45, 7) is 0. The van der Waals surface area contributed by atoms with Crippen molar-refractivity contribution in [2.45, 2.75) is 43.4 Å². The molecule has 0 aliphatic carbocycles. The average Bonchev–Trinajstić information content (AvgIpc) is 2.64. The largest absolute Gasteiger partial charge is 0.277 e. The van der Waals surface area contributed by atoms with Crippen LogP contribution in [-0.2, 0) is 15.9 Å².